The van der Waals surface area contributed by atoms with Gasteiger partial charge in [0.25, 0.3) is 15.9 Å². The second-order valence-electron chi connectivity index (χ2n) is 6.40. The van der Waals surface area contributed by atoms with E-state index in [0.717, 1.165) is 0 Å². The number of hydrogen-bond acceptors (Lipinski definition) is 4. The molecule has 1 heterocycles. The van der Waals surface area contributed by atoms with Crippen LogP contribution < -0.4 is 4.72 Å². The van der Waals surface area contributed by atoms with Gasteiger partial charge < -0.3 is 10.0 Å². The van der Waals surface area contributed by atoms with Crippen molar-refractivity contribution in [1.29, 1.82) is 0 Å². The van der Waals surface area contributed by atoms with Gasteiger partial charge in [-0.1, -0.05) is 24.3 Å². The normalized spacial score (nSPS) is 15.3. The Morgan fingerprint density at radius 3 is 2.30 bits per heavy atom. The van der Waals surface area contributed by atoms with Gasteiger partial charge in [-0.05, 0) is 43.2 Å². The molecule has 1 aliphatic heterocycles. The number of carbonyl (C=O) groups is 2. The maximum absolute atomic E-state index is 12.7. The summed E-state index contributed by atoms with van der Waals surface area (Å²) in [5.74, 6) is -1.49. The van der Waals surface area contributed by atoms with Gasteiger partial charge in [0.1, 0.15) is 0 Å². The van der Waals surface area contributed by atoms with E-state index in [-0.39, 0.29) is 10.8 Å². The van der Waals surface area contributed by atoms with Crippen molar-refractivity contribution in [2.75, 3.05) is 17.8 Å². The predicted molar refractivity (Wildman–Crippen MR) is 100.0 cm³/mol. The quantitative estimate of drug-likeness (QED) is 0.819. The van der Waals surface area contributed by atoms with E-state index in [1.54, 1.807) is 41.3 Å². The summed E-state index contributed by atoms with van der Waals surface area (Å²) in [6.45, 7) is 0.742. The lowest BCUT2D eigenvalue weighted by molar-refractivity contribution is -0.143. The Hall–Kier alpha value is -2.87. The summed E-state index contributed by atoms with van der Waals surface area (Å²) in [6, 6.07) is 14.3. The van der Waals surface area contributed by atoms with Crippen molar-refractivity contribution in [2.45, 2.75) is 17.7 Å². The Labute approximate surface area is 157 Å². The molecule has 2 aromatic carbocycles. The van der Waals surface area contributed by atoms with Crippen LogP contribution in [0.2, 0.25) is 0 Å². The van der Waals surface area contributed by atoms with Gasteiger partial charge in [-0.15, -0.1) is 0 Å². The first-order valence-electron chi connectivity index (χ1n) is 8.57. The van der Waals surface area contributed by atoms with Gasteiger partial charge in [0.05, 0.1) is 10.8 Å². The molecule has 0 saturated carbocycles. The van der Waals surface area contributed by atoms with Crippen LogP contribution in [0, 0.1) is 5.92 Å². The van der Waals surface area contributed by atoms with Gasteiger partial charge in [0.2, 0.25) is 0 Å². The molecule has 27 heavy (non-hydrogen) atoms. The van der Waals surface area contributed by atoms with Crippen molar-refractivity contribution in [3.05, 3.63) is 60.2 Å². The number of hydrogen-bond donors (Lipinski definition) is 2. The van der Waals surface area contributed by atoms with Crippen LogP contribution in [0.1, 0.15) is 23.2 Å². The molecule has 0 bridgehead atoms. The third kappa shape index (κ3) is 4.46. The maximum Gasteiger partial charge on any atom is 0.306 e. The zero-order valence-corrected chi connectivity index (χ0v) is 15.4. The molecule has 0 spiro atoms. The first-order chi connectivity index (χ1) is 12.9. The number of sulfonamides is 1. The van der Waals surface area contributed by atoms with Crippen LogP contribution in [0.25, 0.3) is 0 Å². The van der Waals surface area contributed by atoms with E-state index < -0.39 is 21.9 Å². The Kier molecular flexibility index (Phi) is 5.46. The Balaban J connectivity index is 1.72. The summed E-state index contributed by atoms with van der Waals surface area (Å²) in [6.07, 6.45) is 0.836. The SMILES string of the molecule is O=C(O)C1CCN(C(=O)c2cccc(NS(=O)(=O)c3ccccc3)c2)CC1. The average Bonchev–Trinajstić information content (AvgIpc) is 2.68. The van der Waals surface area contributed by atoms with Crippen LogP contribution in [0.5, 0.6) is 0 Å². The summed E-state index contributed by atoms with van der Waals surface area (Å²) < 4.78 is 27.3. The lowest BCUT2D eigenvalue weighted by Crippen LogP contribution is -2.40. The highest BCUT2D eigenvalue weighted by Gasteiger charge is 2.27. The van der Waals surface area contributed by atoms with Crippen molar-refractivity contribution in [3.63, 3.8) is 0 Å². The molecule has 0 atom stereocenters. The second kappa shape index (κ2) is 7.79. The molecular weight excluding hydrogens is 368 g/mol. The number of piperidine rings is 1. The predicted octanol–water partition coefficient (Wildman–Crippen LogP) is 2.42. The van der Waals surface area contributed by atoms with Crippen molar-refractivity contribution in [2.24, 2.45) is 5.92 Å². The van der Waals surface area contributed by atoms with E-state index in [1.165, 1.54) is 18.2 Å². The highest BCUT2D eigenvalue weighted by molar-refractivity contribution is 7.92. The molecule has 7 nitrogen and oxygen atoms in total. The van der Waals surface area contributed by atoms with Crippen LogP contribution in [-0.2, 0) is 14.8 Å². The molecule has 0 aromatic heterocycles. The molecule has 0 radical (unpaired) electrons. The summed E-state index contributed by atoms with van der Waals surface area (Å²) in [7, 11) is -3.74. The van der Waals surface area contributed by atoms with Crippen LogP contribution >= 0.6 is 0 Å². The number of nitrogens with zero attached hydrogens (tertiary/aromatic N) is 1. The zero-order valence-electron chi connectivity index (χ0n) is 14.5. The lowest BCUT2D eigenvalue weighted by Gasteiger charge is -2.30. The van der Waals surface area contributed by atoms with E-state index in [1.807, 2.05) is 0 Å². The number of likely N-dealkylation sites (tertiary alicyclic amines) is 1. The van der Waals surface area contributed by atoms with E-state index in [2.05, 4.69) is 4.72 Å². The fraction of sp³-hybridized carbons (Fsp3) is 0.263. The molecule has 8 heteroatoms. The lowest BCUT2D eigenvalue weighted by atomic mass is 9.96. The Morgan fingerprint density at radius 2 is 1.67 bits per heavy atom. The average molecular weight is 388 g/mol. The number of rotatable bonds is 5. The van der Waals surface area contributed by atoms with Gasteiger partial charge in [-0.25, -0.2) is 8.42 Å². The molecule has 0 unspecified atom stereocenters. The van der Waals surface area contributed by atoms with Crippen LogP contribution in [-0.4, -0.2) is 43.4 Å². The Morgan fingerprint density at radius 1 is 1.00 bits per heavy atom. The fourth-order valence-electron chi connectivity index (χ4n) is 3.04. The van der Waals surface area contributed by atoms with Gasteiger partial charge >= 0.3 is 5.97 Å². The number of anilines is 1. The van der Waals surface area contributed by atoms with Gasteiger partial charge in [-0.2, -0.15) is 0 Å². The topological polar surface area (TPSA) is 104 Å². The van der Waals surface area contributed by atoms with Gasteiger partial charge in [-0.3, -0.25) is 14.3 Å². The first-order valence-corrected chi connectivity index (χ1v) is 10.0. The molecule has 0 aliphatic carbocycles. The molecule has 1 amide bonds. The van der Waals surface area contributed by atoms with Crippen LogP contribution in [0.3, 0.4) is 0 Å². The molecule has 142 valence electrons. The van der Waals surface area contributed by atoms with Crippen molar-refractivity contribution in [3.8, 4) is 0 Å². The van der Waals surface area contributed by atoms with Gasteiger partial charge in [0.15, 0.2) is 0 Å². The maximum atomic E-state index is 12.7. The fourth-order valence-corrected chi connectivity index (χ4v) is 4.11. The third-order valence-electron chi connectivity index (χ3n) is 4.55. The van der Waals surface area contributed by atoms with Gasteiger partial charge in [0, 0.05) is 24.3 Å². The number of carbonyl (C=O) groups excluding carboxylic acids is 1. The highest BCUT2D eigenvalue weighted by Crippen LogP contribution is 2.21. The number of carboxylic acids is 1. The number of aliphatic carboxylic acids is 1. The monoisotopic (exact) mass is 388 g/mol. The van der Waals surface area contributed by atoms with Crippen molar-refractivity contribution >= 4 is 27.6 Å². The minimum Gasteiger partial charge on any atom is -0.481 e. The third-order valence-corrected chi connectivity index (χ3v) is 5.94. The van der Waals surface area contributed by atoms with Crippen molar-refractivity contribution in [1.82, 2.24) is 4.90 Å². The molecule has 3 rings (SSSR count). The standard InChI is InChI=1S/C19H20N2O5S/c22-18(21-11-9-14(10-12-21)19(23)24)15-5-4-6-16(13-15)20-27(25,26)17-7-2-1-3-8-17/h1-8,13-14,20H,9-12H2,(H,23,24). The summed E-state index contributed by atoms with van der Waals surface area (Å²) >= 11 is 0. The molecule has 2 aromatic rings. The summed E-state index contributed by atoms with van der Waals surface area (Å²) in [5.41, 5.74) is 0.655. The van der Waals surface area contributed by atoms with Crippen molar-refractivity contribution < 1.29 is 23.1 Å². The zero-order chi connectivity index (χ0) is 19.4. The highest BCUT2D eigenvalue weighted by atomic mass is 32.2. The van der Waals surface area contributed by atoms with E-state index in [9.17, 15) is 18.0 Å². The molecule has 2 N–H and O–H groups in total. The molecular formula is C19H20N2O5S. The summed E-state index contributed by atoms with van der Waals surface area (Å²) in [5, 5.41) is 9.05. The van der Waals surface area contributed by atoms with E-state index >= 15 is 0 Å². The molecule has 1 fully saturated rings. The molecule has 1 saturated heterocycles. The number of benzene rings is 2. The second-order valence-corrected chi connectivity index (χ2v) is 8.09. The van der Waals surface area contributed by atoms with Crippen LogP contribution in [0.4, 0.5) is 5.69 Å². The smallest absolute Gasteiger partial charge is 0.306 e. The minimum absolute atomic E-state index is 0.137. The van der Waals surface area contributed by atoms with E-state index in [0.29, 0.717) is 37.2 Å². The number of nitrogens with one attached hydrogen (secondary N) is 1. The largest absolute Gasteiger partial charge is 0.481 e. The number of carboxylic acid groups (broad SMARTS) is 1. The minimum atomic E-state index is -3.74. The van der Waals surface area contributed by atoms with E-state index in [4.69, 9.17) is 5.11 Å². The number of amides is 1. The Bertz CT molecular complexity index is 936. The first kappa shape index (κ1) is 18.9. The summed E-state index contributed by atoms with van der Waals surface area (Å²) in [4.78, 5) is 25.4. The molecule has 1 aliphatic rings. The van der Waals surface area contributed by atoms with Crippen LogP contribution in [0.15, 0.2) is 59.5 Å².